The summed E-state index contributed by atoms with van der Waals surface area (Å²) in [5, 5.41) is 0. The smallest absolute Gasteiger partial charge is 0.336 e. The minimum atomic E-state index is -1.08. The molecule has 0 amide bonds. The van der Waals surface area contributed by atoms with E-state index >= 15 is 0 Å². The standard InChI is InChI=1S/C38H62O5/c1-5-7-9-11-13-15-17-18-20-22-24-26-28-38-30(27-25-23-21-19-16-14-12-10-8-6-2)29-31-32-33(38)37(4,42-35(38)40)43-36(32,3)41-34(31)39/h26,28-30,32-33H,5-25,27H2,1-4H3/t30-,32-,33+,36+,37-,38+/m1/s1. The van der Waals surface area contributed by atoms with Gasteiger partial charge in [-0.1, -0.05) is 154 Å². The lowest BCUT2D eigenvalue weighted by molar-refractivity contribution is -0.280. The molecule has 0 unspecified atom stereocenters. The van der Waals surface area contributed by atoms with Gasteiger partial charge in [0, 0.05) is 19.4 Å². The number of hydrogen-bond donors (Lipinski definition) is 0. The highest BCUT2D eigenvalue weighted by atomic mass is 16.8. The lowest BCUT2D eigenvalue weighted by Gasteiger charge is -2.41. The molecule has 3 aliphatic heterocycles. The van der Waals surface area contributed by atoms with Gasteiger partial charge in [-0.3, -0.25) is 9.53 Å². The zero-order valence-corrected chi connectivity index (χ0v) is 28.1. The number of carbonyl (C=O) groups is 2. The summed E-state index contributed by atoms with van der Waals surface area (Å²) in [6, 6.07) is 0. The second kappa shape index (κ2) is 16.1. The summed E-state index contributed by atoms with van der Waals surface area (Å²) in [4.78, 5) is 26.8. The number of unbranched alkanes of at least 4 members (excludes halogenated alkanes) is 19. The van der Waals surface area contributed by atoms with E-state index in [9.17, 15) is 9.59 Å². The number of carbonyl (C=O) groups excluding carboxylic acids is 2. The van der Waals surface area contributed by atoms with Gasteiger partial charge in [-0.2, -0.15) is 0 Å². The topological polar surface area (TPSA) is 61.8 Å². The average molecular weight is 599 g/mol. The van der Waals surface area contributed by atoms with Crippen molar-refractivity contribution in [2.75, 3.05) is 0 Å². The zero-order chi connectivity index (χ0) is 30.8. The van der Waals surface area contributed by atoms with Crippen molar-refractivity contribution in [3.63, 3.8) is 0 Å². The molecular weight excluding hydrogens is 536 g/mol. The van der Waals surface area contributed by atoms with E-state index in [0.717, 1.165) is 32.1 Å². The lowest BCUT2D eigenvalue weighted by Crippen LogP contribution is -2.47. The number of ether oxygens (including phenoxy) is 3. The van der Waals surface area contributed by atoms with Crippen molar-refractivity contribution >= 4 is 11.9 Å². The van der Waals surface area contributed by atoms with Crippen molar-refractivity contribution in [3.05, 3.63) is 23.8 Å². The molecule has 0 radical (unpaired) electrons. The third-order valence-corrected chi connectivity index (χ3v) is 10.9. The molecule has 0 aromatic heterocycles. The molecule has 0 aromatic carbocycles. The number of esters is 2. The van der Waals surface area contributed by atoms with E-state index in [-0.39, 0.29) is 29.7 Å². The van der Waals surface area contributed by atoms with Crippen molar-refractivity contribution in [3.8, 4) is 0 Å². The van der Waals surface area contributed by atoms with Gasteiger partial charge in [-0.15, -0.1) is 0 Å². The quantitative estimate of drug-likeness (QED) is 0.0665. The molecule has 0 aromatic rings. The molecule has 5 heteroatoms. The van der Waals surface area contributed by atoms with Gasteiger partial charge in [0.2, 0.25) is 11.6 Å². The maximum atomic E-state index is 13.9. The lowest BCUT2D eigenvalue weighted by atomic mass is 9.55. The van der Waals surface area contributed by atoms with E-state index < -0.39 is 17.0 Å². The normalized spacial score (nSPS) is 32.4. The Morgan fingerprint density at radius 2 is 1.19 bits per heavy atom. The average Bonchev–Trinajstić information content (AvgIpc) is 3.44. The Kier molecular flexibility index (Phi) is 12.8. The van der Waals surface area contributed by atoms with Gasteiger partial charge in [0.15, 0.2) is 0 Å². The van der Waals surface area contributed by atoms with Crippen LogP contribution in [0.25, 0.3) is 0 Å². The Labute approximate surface area is 263 Å². The number of rotatable bonds is 23. The van der Waals surface area contributed by atoms with Gasteiger partial charge in [0.05, 0.1) is 11.8 Å². The minimum Gasteiger partial charge on any atom is -0.432 e. The van der Waals surface area contributed by atoms with E-state index in [0.29, 0.717) is 5.57 Å². The second-order valence-corrected chi connectivity index (χ2v) is 14.4. The van der Waals surface area contributed by atoms with E-state index in [4.69, 9.17) is 14.2 Å². The van der Waals surface area contributed by atoms with Gasteiger partial charge >= 0.3 is 11.9 Å². The first-order chi connectivity index (χ1) is 20.8. The highest BCUT2D eigenvalue weighted by molar-refractivity contribution is 5.95. The summed E-state index contributed by atoms with van der Waals surface area (Å²) in [6.07, 6.45) is 34.2. The molecule has 0 saturated carbocycles. The predicted molar refractivity (Wildman–Crippen MR) is 173 cm³/mol. The third kappa shape index (κ3) is 7.79. The van der Waals surface area contributed by atoms with E-state index in [1.54, 1.807) is 0 Å². The Morgan fingerprint density at radius 1 is 0.674 bits per heavy atom. The summed E-state index contributed by atoms with van der Waals surface area (Å²) < 4.78 is 18.2. The molecule has 3 saturated heterocycles. The van der Waals surface area contributed by atoms with Crippen molar-refractivity contribution in [1.82, 2.24) is 0 Å². The zero-order valence-electron chi connectivity index (χ0n) is 28.1. The van der Waals surface area contributed by atoms with Crippen LogP contribution in [0.1, 0.15) is 169 Å². The third-order valence-electron chi connectivity index (χ3n) is 10.9. The molecule has 3 fully saturated rings. The van der Waals surface area contributed by atoms with Crippen LogP contribution in [-0.2, 0) is 23.8 Å². The minimum absolute atomic E-state index is 0.0762. The highest BCUT2D eigenvalue weighted by Gasteiger charge is 2.80. The molecule has 4 rings (SSSR count). The fourth-order valence-corrected chi connectivity index (χ4v) is 8.65. The van der Waals surface area contributed by atoms with E-state index in [2.05, 4.69) is 32.1 Å². The summed E-state index contributed by atoms with van der Waals surface area (Å²) in [7, 11) is 0. The van der Waals surface area contributed by atoms with Crippen LogP contribution >= 0.6 is 0 Å². The van der Waals surface area contributed by atoms with Crippen LogP contribution in [0, 0.1) is 23.2 Å². The Morgan fingerprint density at radius 3 is 1.74 bits per heavy atom. The molecule has 5 nitrogen and oxygen atoms in total. The first-order valence-electron chi connectivity index (χ1n) is 18.4. The summed E-state index contributed by atoms with van der Waals surface area (Å²) in [5.74, 6) is -3.22. The van der Waals surface area contributed by atoms with Crippen LogP contribution in [0.15, 0.2) is 23.8 Å². The van der Waals surface area contributed by atoms with Crippen LogP contribution in [0.3, 0.4) is 0 Å². The van der Waals surface area contributed by atoms with E-state index in [1.807, 2.05) is 13.8 Å². The van der Waals surface area contributed by atoms with Crippen LogP contribution in [0.5, 0.6) is 0 Å². The molecule has 0 bridgehead atoms. The molecular formula is C38H62O5. The maximum Gasteiger partial charge on any atom is 0.336 e. The van der Waals surface area contributed by atoms with Gasteiger partial charge in [-0.05, 0) is 25.2 Å². The summed E-state index contributed by atoms with van der Waals surface area (Å²) in [6.45, 7) is 8.26. The monoisotopic (exact) mass is 598 g/mol. The number of hydrogen-bond acceptors (Lipinski definition) is 5. The fourth-order valence-electron chi connectivity index (χ4n) is 8.65. The SMILES string of the molecule is CCCCCCCCCCCCC=C[C@]12C(=O)O[C@]3(C)O[C@]4(C)OC(=O)C(=C[C@H]1CCCCCCCCCCCC)[C@@H]4[C@@H]32. The summed E-state index contributed by atoms with van der Waals surface area (Å²) in [5.41, 5.74) is -0.0998. The Hall–Kier alpha value is -1.62. The Balaban J connectivity index is 1.34. The second-order valence-electron chi connectivity index (χ2n) is 14.4. The molecule has 3 heterocycles. The molecule has 43 heavy (non-hydrogen) atoms. The molecule has 0 N–H and O–H groups in total. The maximum absolute atomic E-state index is 13.9. The predicted octanol–water partition coefficient (Wildman–Crippen LogP) is 10.5. The molecule has 1 aliphatic carbocycles. The van der Waals surface area contributed by atoms with Crippen LogP contribution in [-0.4, -0.2) is 23.5 Å². The van der Waals surface area contributed by atoms with Crippen molar-refractivity contribution in [1.29, 1.82) is 0 Å². The number of allylic oxidation sites excluding steroid dienone is 2. The molecule has 244 valence electrons. The van der Waals surface area contributed by atoms with Gasteiger partial charge in [0.1, 0.15) is 5.41 Å². The van der Waals surface area contributed by atoms with Gasteiger partial charge < -0.3 is 9.47 Å². The van der Waals surface area contributed by atoms with Crippen LogP contribution in [0.4, 0.5) is 0 Å². The molecule has 0 spiro atoms. The first kappa shape index (κ1) is 34.3. The van der Waals surface area contributed by atoms with Crippen molar-refractivity contribution < 1.29 is 23.8 Å². The Bertz CT molecular complexity index is 969. The molecule has 6 atom stereocenters. The fraction of sp³-hybridized carbons (Fsp3) is 0.842. The highest BCUT2D eigenvalue weighted by Crippen LogP contribution is 2.69. The molecule has 4 aliphatic rings. The van der Waals surface area contributed by atoms with Gasteiger partial charge in [0.25, 0.3) is 0 Å². The van der Waals surface area contributed by atoms with Gasteiger partial charge in [-0.25, -0.2) is 4.79 Å². The largest absolute Gasteiger partial charge is 0.432 e. The van der Waals surface area contributed by atoms with Crippen LogP contribution < -0.4 is 0 Å². The van der Waals surface area contributed by atoms with E-state index in [1.165, 1.54) is 109 Å². The summed E-state index contributed by atoms with van der Waals surface area (Å²) >= 11 is 0. The van der Waals surface area contributed by atoms with Crippen molar-refractivity contribution in [2.24, 2.45) is 23.2 Å². The first-order valence-corrected chi connectivity index (χ1v) is 18.4. The van der Waals surface area contributed by atoms with Crippen molar-refractivity contribution in [2.45, 2.75) is 181 Å². The van der Waals surface area contributed by atoms with Crippen LogP contribution in [0.2, 0.25) is 0 Å².